The van der Waals surface area contributed by atoms with Gasteiger partial charge in [0.25, 0.3) is 0 Å². The zero-order valence-electron chi connectivity index (χ0n) is 31.8. The molecular formula is C42H68NO7+. The highest BCUT2D eigenvalue weighted by Gasteiger charge is 2.31. The van der Waals surface area contributed by atoms with Crippen molar-refractivity contribution < 1.29 is 38.2 Å². The second kappa shape index (κ2) is 32.7. The van der Waals surface area contributed by atoms with Crippen molar-refractivity contribution in [2.24, 2.45) is 0 Å². The van der Waals surface area contributed by atoms with Gasteiger partial charge in [-0.25, -0.2) is 4.79 Å². The van der Waals surface area contributed by atoms with E-state index in [0.717, 1.165) is 44.9 Å². The lowest BCUT2D eigenvalue weighted by Crippen LogP contribution is -2.50. The Bertz CT molecular complexity index is 1090. The van der Waals surface area contributed by atoms with E-state index in [2.05, 4.69) is 26.0 Å². The maximum Gasteiger partial charge on any atom is 0.362 e. The van der Waals surface area contributed by atoms with Crippen molar-refractivity contribution >= 4 is 17.9 Å². The summed E-state index contributed by atoms with van der Waals surface area (Å²) in [5.74, 6) is -1.55. The second-order valence-corrected chi connectivity index (χ2v) is 13.3. The van der Waals surface area contributed by atoms with Gasteiger partial charge in [-0.1, -0.05) is 144 Å². The fourth-order valence-corrected chi connectivity index (χ4v) is 4.84. The molecule has 50 heavy (non-hydrogen) atoms. The molecule has 0 aromatic carbocycles. The molecule has 0 fully saturated rings. The molecule has 8 heteroatoms. The third-order valence-electron chi connectivity index (χ3n) is 7.75. The third-order valence-corrected chi connectivity index (χ3v) is 7.75. The highest BCUT2D eigenvalue weighted by molar-refractivity contribution is 5.72. The Morgan fingerprint density at radius 1 is 0.620 bits per heavy atom. The van der Waals surface area contributed by atoms with Crippen molar-refractivity contribution in [2.75, 3.05) is 41.0 Å². The van der Waals surface area contributed by atoms with Gasteiger partial charge in [-0.2, -0.15) is 0 Å². The van der Waals surface area contributed by atoms with E-state index in [1.165, 1.54) is 25.7 Å². The lowest BCUT2D eigenvalue weighted by Gasteiger charge is -2.31. The predicted octanol–water partition coefficient (Wildman–Crippen LogP) is 9.40. The zero-order chi connectivity index (χ0) is 37.1. The van der Waals surface area contributed by atoms with Crippen LogP contribution in [0.1, 0.15) is 110 Å². The molecule has 0 amide bonds. The number of carboxylic acid groups (broad SMARTS) is 1. The van der Waals surface area contributed by atoms with Crippen molar-refractivity contribution in [1.82, 2.24) is 0 Å². The Morgan fingerprint density at radius 3 is 1.66 bits per heavy atom. The Hall–Kier alpha value is -3.49. The second-order valence-electron chi connectivity index (χ2n) is 13.3. The first-order chi connectivity index (χ1) is 24.1. The number of carbonyl (C=O) groups is 3. The number of allylic oxidation sites excluding steroid dienone is 14. The minimum atomic E-state index is -0.889. The number of quaternary nitrogens is 1. The summed E-state index contributed by atoms with van der Waals surface area (Å²) in [4.78, 5) is 36.6. The summed E-state index contributed by atoms with van der Waals surface area (Å²) in [5.41, 5.74) is 0. The minimum Gasteiger partial charge on any atom is -0.477 e. The molecule has 0 saturated carbocycles. The van der Waals surface area contributed by atoms with E-state index >= 15 is 0 Å². The maximum atomic E-state index is 12.6. The van der Waals surface area contributed by atoms with Gasteiger partial charge in [-0.15, -0.1) is 0 Å². The van der Waals surface area contributed by atoms with E-state index in [9.17, 15) is 19.5 Å². The Kier molecular flexibility index (Phi) is 30.4. The first-order valence-corrected chi connectivity index (χ1v) is 18.7. The topological polar surface area (TPSA) is 99.1 Å². The number of unbranched alkanes of at least 4 members (excludes halogenated alkanes) is 9. The normalized spacial score (nSPS) is 14.0. The molecule has 8 nitrogen and oxygen atoms in total. The van der Waals surface area contributed by atoms with Crippen molar-refractivity contribution in [3.63, 3.8) is 0 Å². The maximum absolute atomic E-state index is 12.6. The van der Waals surface area contributed by atoms with Gasteiger partial charge in [-0.3, -0.25) is 9.59 Å². The zero-order valence-corrected chi connectivity index (χ0v) is 31.8. The van der Waals surface area contributed by atoms with Crippen LogP contribution in [0.15, 0.2) is 85.1 Å². The van der Waals surface area contributed by atoms with Gasteiger partial charge in [0.2, 0.25) is 0 Å². The van der Waals surface area contributed by atoms with Gasteiger partial charge < -0.3 is 23.8 Å². The Morgan fingerprint density at radius 2 is 1.12 bits per heavy atom. The quantitative estimate of drug-likeness (QED) is 0.0333. The van der Waals surface area contributed by atoms with Crippen LogP contribution < -0.4 is 0 Å². The first-order valence-electron chi connectivity index (χ1n) is 18.7. The smallest absolute Gasteiger partial charge is 0.362 e. The number of aliphatic carboxylic acids is 1. The van der Waals surface area contributed by atoms with E-state index in [0.29, 0.717) is 19.3 Å². The number of likely N-dealkylation sites (N-methyl/N-ethyl adjacent to an activating group) is 1. The molecule has 0 aromatic rings. The van der Waals surface area contributed by atoms with Crippen molar-refractivity contribution in [2.45, 2.75) is 122 Å². The van der Waals surface area contributed by atoms with Crippen LogP contribution in [0.5, 0.6) is 0 Å². The van der Waals surface area contributed by atoms with Crippen LogP contribution in [0.2, 0.25) is 0 Å². The number of carbonyl (C=O) groups excluding carboxylic acids is 2. The molecule has 0 aromatic heterocycles. The van der Waals surface area contributed by atoms with E-state index in [4.69, 9.17) is 14.2 Å². The lowest BCUT2D eigenvalue weighted by molar-refractivity contribution is -0.887. The van der Waals surface area contributed by atoms with Crippen LogP contribution in [0.25, 0.3) is 0 Å². The van der Waals surface area contributed by atoms with Gasteiger partial charge in [0.05, 0.1) is 34.4 Å². The van der Waals surface area contributed by atoms with Crippen LogP contribution in [-0.4, -0.2) is 80.6 Å². The summed E-state index contributed by atoms with van der Waals surface area (Å²) in [6.07, 6.45) is 40.6. The Labute approximate surface area is 303 Å². The highest BCUT2D eigenvalue weighted by atomic mass is 16.6. The predicted molar refractivity (Wildman–Crippen MR) is 206 cm³/mol. The molecular weight excluding hydrogens is 630 g/mol. The third kappa shape index (κ3) is 30.6. The summed E-state index contributed by atoms with van der Waals surface area (Å²) in [5, 5.41) is 9.56. The molecule has 282 valence electrons. The van der Waals surface area contributed by atoms with Crippen molar-refractivity contribution in [1.29, 1.82) is 0 Å². The Balaban J connectivity index is 4.53. The SMILES string of the molecule is CC/C=C/C=C/C=C/C=C/C=C/C=C/C=C/CCCCCC(=O)OC(COCCC(C(=O)O)[N+](C)(C)C)COC(=O)CCCCCCCCC. The van der Waals surface area contributed by atoms with Gasteiger partial charge in [0, 0.05) is 19.3 Å². The molecule has 0 bridgehead atoms. The van der Waals surface area contributed by atoms with Gasteiger partial charge in [0.1, 0.15) is 6.61 Å². The van der Waals surface area contributed by atoms with E-state index in [-0.39, 0.29) is 42.7 Å². The van der Waals surface area contributed by atoms with Crippen LogP contribution in [0, 0.1) is 0 Å². The van der Waals surface area contributed by atoms with Gasteiger partial charge >= 0.3 is 17.9 Å². The average Bonchev–Trinajstić information content (AvgIpc) is 3.06. The molecule has 0 spiro atoms. The fourth-order valence-electron chi connectivity index (χ4n) is 4.84. The lowest BCUT2D eigenvalue weighted by atomic mass is 10.1. The van der Waals surface area contributed by atoms with Crippen molar-refractivity contribution in [3.05, 3.63) is 85.1 Å². The van der Waals surface area contributed by atoms with Crippen LogP contribution in [-0.2, 0) is 28.6 Å². The molecule has 0 radical (unpaired) electrons. The largest absolute Gasteiger partial charge is 0.477 e. The van der Waals surface area contributed by atoms with E-state index in [1.807, 2.05) is 94.1 Å². The fraction of sp³-hybridized carbons (Fsp3) is 0.595. The number of ether oxygens (including phenoxy) is 3. The number of hydrogen-bond donors (Lipinski definition) is 1. The molecule has 2 atom stereocenters. The molecule has 1 N–H and O–H groups in total. The number of esters is 2. The minimum absolute atomic E-state index is 0.0373. The van der Waals surface area contributed by atoms with Gasteiger partial charge in [0.15, 0.2) is 12.1 Å². The average molecular weight is 699 g/mol. The van der Waals surface area contributed by atoms with E-state index < -0.39 is 18.1 Å². The molecule has 0 aliphatic rings. The molecule has 0 saturated heterocycles. The van der Waals surface area contributed by atoms with Gasteiger partial charge in [-0.05, 0) is 32.1 Å². The van der Waals surface area contributed by atoms with Crippen molar-refractivity contribution in [3.8, 4) is 0 Å². The summed E-state index contributed by atoms with van der Waals surface area (Å²) in [6, 6.07) is -0.625. The monoisotopic (exact) mass is 698 g/mol. The highest BCUT2D eigenvalue weighted by Crippen LogP contribution is 2.12. The van der Waals surface area contributed by atoms with Crippen LogP contribution >= 0.6 is 0 Å². The van der Waals surface area contributed by atoms with E-state index in [1.54, 1.807) is 0 Å². The molecule has 0 rings (SSSR count). The molecule has 0 heterocycles. The number of hydrogen-bond acceptors (Lipinski definition) is 6. The number of carboxylic acids is 1. The summed E-state index contributed by atoms with van der Waals surface area (Å²) >= 11 is 0. The standard InChI is InChI=1S/C42H67NO7/c1-6-8-10-12-14-15-16-17-18-19-20-21-22-23-24-25-27-29-31-33-41(45)50-38(36-48-35-34-39(42(46)47)43(3,4)5)37-49-40(44)32-30-28-26-13-11-9-7-2/h8,10,12,14-24,38-39H,6-7,9,11,13,25-37H2,1-5H3/p+1/b10-8+,14-12+,16-15+,18-17+,20-19+,22-21+,24-23+. The van der Waals surface area contributed by atoms with Crippen LogP contribution in [0.4, 0.5) is 0 Å². The molecule has 2 unspecified atom stereocenters. The van der Waals surface area contributed by atoms with Crippen LogP contribution in [0.3, 0.4) is 0 Å². The molecule has 0 aliphatic carbocycles. The number of nitrogens with zero attached hydrogens (tertiary/aromatic N) is 1. The molecule has 0 aliphatic heterocycles. The summed E-state index contributed by atoms with van der Waals surface area (Å²) < 4.78 is 17.1. The number of rotatable bonds is 31. The summed E-state index contributed by atoms with van der Waals surface area (Å²) in [7, 11) is 5.48. The first kappa shape index (κ1) is 46.5. The summed E-state index contributed by atoms with van der Waals surface area (Å²) in [6.45, 7) is 4.45.